The molecular formula is C17H34N4O3. The molecule has 1 fully saturated rings. The zero-order valence-electron chi connectivity index (χ0n) is 15.6. The quantitative estimate of drug-likeness (QED) is 0.578. The van der Waals surface area contributed by atoms with Gasteiger partial charge >= 0.3 is 0 Å². The lowest BCUT2D eigenvalue weighted by molar-refractivity contribution is -0.136. The summed E-state index contributed by atoms with van der Waals surface area (Å²) in [6.07, 6.45) is 1.71. The summed E-state index contributed by atoms with van der Waals surface area (Å²) in [4.78, 5) is 28.5. The van der Waals surface area contributed by atoms with Gasteiger partial charge in [-0.3, -0.25) is 14.5 Å². The zero-order valence-corrected chi connectivity index (χ0v) is 15.6. The van der Waals surface area contributed by atoms with E-state index in [1.165, 1.54) is 0 Å². The number of carbonyl (C=O) groups excluding carboxylic acids is 2. The second-order valence-electron chi connectivity index (χ2n) is 6.59. The molecule has 1 aliphatic heterocycles. The zero-order chi connectivity index (χ0) is 18.1. The average molecular weight is 342 g/mol. The topological polar surface area (TPSA) is 87.9 Å². The summed E-state index contributed by atoms with van der Waals surface area (Å²) >= 11 is 0. The van der Waals surface area contributed by atoms with Gasteiger partial charge in [0.2, 0.25) is 11.8 Å². The van der Waals surface area contributed by atoms with Crippen LogP contribution in [0.25, 0.3) is 0 Å². The van der Waals surface area contributed by atoms with E-state index in [9.17, 15) is 9.59 Å². The van der Waals surface area contributed by atoms with Crippen molar-refractivity contribution in [3.8, 4) is 0 Å². The van der Waals surface area contributed by atoms with Gasteiger partial charge in [0.1, 0.15) is 0 Å². The Hall–Kier alpha value is -1.18. The molecule has 7 nitrogen and oxygen atoms in total. The van der Waals surface area contributed by atoms with Crippen LogP contribution in [-0.4, -0.2) is 80.1 Å². The maximum Gasteiger partial charge on any atom is 0.239 e. The van der Waals surface area contributed by atoms with Gasteiger partial charge in [0.05, 0.1) is 12.1 Å². The predicted octanol–water partition coefficient (Wildman–Crippen LogP) is 0.0452. The van der Waals surface area contributed by atoms with Crippen LogP contribution in [0.15, 0.2) is 0 Å². The van der Waals surface area contributed by atoms with Crippen molar-refractivity contribution in [1.29, 1.82) is 0 Å². The minimum Gasteiger partial charge on any atom is -0.385 e. The normalized spacial score (nSPS) is 19.6. The first-order valence-corrected chi connectivity index (χ1v) is 8.97. The van der Waals surface area contributed by atoms with E-state index in [-0.39, 0.29) is 23.8 Å². The fourth-order valence-corrected chi connectivity index (χ4v) is 2.78. The molecule has 0 radical (unpaired) electrons. The van der Waals surface area contributed by atoms with Gasteiger partial charge in [0.15, 0.2) is 0 Å². The smallest absolute Gasteiger partial charge is 0.239 e. The average Bonchev–Trinajstić information content (AvgIpc) is 2.62. The third kappa shape index (κ3) is 6.03. The molecule has 0 bridgehead atoms. The summed E-state index contributed by atoms with van der Waals surface area (Å²) in [5.74, 6) is 0.246. The lowest BCUT2D eigenvalue weighted by Gasteiger charge is -2.38. The number of methoxy groups -OCH3 is 1. The molecule has 7 heteroatoms. The molecular weight excluding hydrogens is 308 g/mol. The second kappa shape index (κ2) is 10.6. The first-order chi connectivity index (χ1) is 11.4. The lowest BCUT2D eigenvalue weighted by Crippen LogP contribution is -2.58. The van der Waals surface area contributed by atoms with E-state index in [4.69, 9.17) is 10.5 Å². The molecule has 3 unspecified atom stereocenters. The molecule has 0 spiro atoms. The van der Waals surface area contributed by atoms with Crippen molar-refractivity contribution in [2.75, 3.05) is 46.4 Å². The van der Waals surface area contributed by atoms with E-state index >= 15 is 0 Å². The molecule has 1 aliphatic rings. The highest BCUT2D eigenvalue weighted by Crippen LogP contribution is 2.12. The summed E-state index contributed by atoms with van der Waals surface area (Å²) in [6.45, 7) is 9.89. The molecule has 0 saturated carbocycles. The highest BCUT2D eigenvalue weighted by atomic mass is 16.5. The largest absolute Gasteiger partial charge is 0.385 e. The van der Waals surface area contributed by atoms with Crippen LogP contribution < -0.4 is 11.1 Å². The molecule has 0 aliphatic carbocycles. The van der Waals surface area contributed by atoms with Crippen LogP contribution >= 0.6 is 0 Å². The number of ether oxygens (including phenoxy) is 1. The minimum absolute atomic E-state index is 0.0284. The molecule has 0 aromatic carbocycles. The van der Waals surface area contributed by atoms with Gasteiger partial charge in [-0.2, -0.15) is 0 Å². The van der Waals surface area contributed by atoms with Crippen molar-refractivity contribution in [2.45, 2.75) is 45.7 Å². The Labute approximate surface area is 145 Å². The summed E-state index contributed by atoms with van der Waals surface area (Å²) in [7, 11) is 1.65. The molecule has 140 valence electrons. The van der Waals surface area contributed by atoms with Crippen LogP contribution in [0.5, 0.6) is 0 Å². The Morgan fingerprint density at radius 2 is 1.83 bits per heavy atom. The second-order valence-corrected chi connectivity index (χ2v) is 6.59. The summed E-state index contributed by atoms with van der Waals surface area (Å²) in [6, 6.07) is -0.615. The highest BCUT2D eigenvalue weighted by molar-refractivity contribution is 5.82. The number of nitrogens with zero attached hydrogens (tertiary/aromatic N) is 2. The molecule has 1 rings (SSSR count). The van der Waals surface area contributed by atoms with Crippen molar-refractivity contribution in [2.24, 2.45) is 11.7 Å². The van der Waals surface area contributed by atoms with Crippen molar-refractivity contribution in [3.05, 3.63) is 0 Å². The van der Waals surface area contributed by atoms with Crippen molar-refractivity contribution >= 4 is 11.8 Å². The van der Waals surface area contributed by atoms with Crippen LogP contribution in [0.4, 0.5) is 0 Å². The van der Waals surface area contributed by atoms with E-state index < -0.39 is 6.04 Å². The van der Waals surface area contributed by atoms with Gasteiger partial charge in [-0.1, -0.05) is 20.3 Å². The van der Waals surface area contributed by atoms with Gasteiger partial charge in [-0.25, -0.2) is 0 Å². The molecule has 3 atom stereocenters. The third-order valence-corrected chi connectivity index (χ3v) is 4.92. The van der Waals surface area contributed by atoms with Gasteiger partial charge in [0.25, 0.3) is 0 Å². The van der Waals surface area contributed by atoms with Gasteiger partial charge in [-0.05, 0) is 19.3 Å². The predicted molar refractivity (Wildman–Crippen MR) is 94.5 cm³/mol. The number of rotatable bonds is 9. The van der Waals surface area contributed by atoms with Crippen LogP contribution in [0, 0.1) is 5.92 Å². The maximum atomic E-state index is 12.4. The van der Waals surface area contributed by atoms with E-state index in [0.29, 0.717) is 39.3 Å². The number of hydrogen-bond acceptors (Lipinski definition) is 5. The van der Waals surface area contributed by atoms with Gasteiger partial charge in [0, 0.05) is 46.4 Å². The fraction of sp³-hybridized carbons (Fsp3) is 0.882. The molecule has 0 aromatic rings. The number of amides is 2. The summed E-state index contributed by atoms with van der Waals surface area (Å²) < 4.78 is 4.97. The van der Waals surface area contributed by atoms with Gasteiger partial charge in [-0.15, -0.1) is 0 Å². The lowest BCUT2D eigenvalue weighted by atomic mass is 9.98. The standard InChI is InChI=1S/C17H34N4O3/c1-5-13(2)15(18)17(23)21-10-8-20(9-11-21)14(3)16(22)19-7-6-12-24-4/h13-15H,5-12,18H2,1-4H3,(H,19,22). The Morgan fingerprint density at radius 3 is 2.38 bits per heavy atom. The number of carbonyl (C=O) groups is 2. The van der Waals surface area contributed by atoms with Crippen LogP contribution in [0.2, 0.25) is 0 Å². The molecule has 0 aromatic heterocycles. The number of nitrogens with two attached hydrogens (primary N) is 1. The SMILES string of the molecule is CCC(C)C(N)C(=O)N1CCN(C(C)C(=O)NCCCOC)CC1. The van der Waals surface area contributed by atoms with E-state index in [2.05, 4.69) is 10.2 Å². The first kappa shape index (κ1) is 20.9. The Balaban J connectivity index is 2.38. The Kier molecular flexibility index (Phi) is 9.25. The maximum absolute atomic E-state index is 12.4. The fourth-order valence-electron chi connectivity index (χ4n) is 2.78. The highest BCUT2D eigenvalue weighted by Gasteiger charge is 2.30. The Bertz CT molecular complexity index is 397. The third-order valence-electron chi connectivity index (χ3n) is 4.92. The van der Waals surface area contributed by atoms with Crippen LogP contribution in [0.1, 0.15) is 33.6 Å². The van der Waals surface area contributed by atoms with Crippen LogP contribution in [-0.2, 0) is 14.3 Å². The number of nitrogens with one attached hydrogen (secondary N) is 1. The molecule has 1 heterocycles. The summed E-state index contributed by atoms with van der Waals surface area (Å²) in [5.41, 5.74) is 6.05. The van der Waals surface area contributed by atoms with E-state index in [1.54, 1.807) is 7.11 Å². The minimum atomic E-state index is -0.428. The first-order valence-electron chi connectivity index (χ1n) is 8.97. The molecule has 2 amide bonds. The Morgan fingerprint density at radius 1 is 1.21 bits per heavy atom. The number of hydrogen-bond donors (Lipinski definition) is 2. The monoisotopic (exact) mass is 342 g/mol. The van der Waals surface area contributed by atoms with Crippen LogP contribution in [0.3, 0.4) is 0 Å². The van der Waals surface area contributed by atoms with Crippen molar-refractivity contribution in [3.63, 3.8) is 0 Å². The number of piperazine rings is 1. The van der Waals surface area contributed by atoms with Crippen molar-refractivity contribution < 1.29 is 14.3 Å². The van der Waals surface area contributed by atoms with E-state index in [0.717, 1.165) is 12.8 Å². The molecule has 3 N–H and O–H groups in total. The molecule has 24 heavy (non-hydrogen) atoms. The van der Waals surface area contributed by atoms with E-state index in [1.807, 2.05) is 25.7 Å². The summed E-state index contributed by atoms with van der Waals surface area (Å²) in [5, 5.41) is 2.93. The molecule has 1 saturated heterocycles. The van der Waals surface area contributed by atoms with Crippen molar-refractivity contribution in [1.82, 2.24) is 15.1 Å². The van der Waals surface area contributed by atoms with Gasteiger partial charge < -0.3 is 20.7 Å².